The second kappa shape index (κ2) is 5.86. The quantitative estimate of drug-likeness (QED) is 0.857. The Morgan fingerprint density at radius 1 is 1.00 bits per heavy atom. The van der Waals surface area contributed by atoms with Gasteiger partial charge in [0.1, 0.15) is 0 Å². The van der Waals surface area contributed by atoms with E-state index < -0.39 is 5.41 Å². The molecule has 0 aliphatic carbocycles. The highest BCUT2D eigenvalue weighted by atomic mass is 35.5. The maximum absolute atomic E-state index is 12.4. The fourth-order valence-corrected chi connectivity index (χ4v) is 2.15. The molecule has 0 radical (unpaired) electrons. The van der Waals surface area contributed by atoms with E-state index in [1.807, 2.05) is 44.2 Å². The summed E-state index contributed by atoms with van der Waals surface area (Å²) in [5, 5.41) is 3.75. The van der Waals surface area contributed by atoms with E-state index in [0.717, 1.165) is 5.56 Å². The van der Waals surface area contributed by atoms with Crippen molar-refractivity contribution in [1.29, 1.82) is 0 Å². The Hall–Kier alpha value is -1.51. The van der Waals surface area contributed by atoms with E-state index >= 15 is 0 Å². The largest absolute Gasteiger partial charge is 0.325 e. The summed E-state index contributed by atoms with van der Waals surface area (Å²) in [4.78, 5) is 12.4. The Morgan fingerprint density at radius 2 is 1.65 bits per heavy atom. The molecule has 0 atom stereocenters. The Morgan fingerprint density at radius 3 is 2.25 bits per heavy atom. The molecular formula is C16H15Cl2NO. The van der Waals surface area contributed by atoms with Crippen LogP contribution in [0.4, 0.5) is 5.69 Å². The van der Waals surface area contributed by atoms with Gasteiger partial charge in [-0.25, -0.2) is 0 Å². The van der Waals surface area contributed by atoms with Gasteiger partial charge in [-0.15, -0.1) is 0 Å². The maximum atomic E-state index is 12.4. The molecule has 0 aliphatic rings. The number of anilines is 1. The van der Waals surface area contributed by atoms with Crippen LogP contribution in [0.2, 0.25) is 10.0 Å². The number of amides is 1. The minimum atomic E-state index is -0.632. The van der Waals surface area contributed by atoms with Gasteiger partial charge in [0.25, 0.3) is 0 Å². The van der Waals surface area contributed by atoms with E-state index in [-0.39, 0.29) is 5.91 Å². The third-order valence-electron chi connectivity index (χ3n) is 3.24. The van der Waals surface area contributed by atoms with Gasteiger partial charge in [0, 0.05) is 5.69 Å². The predicted octanol–water partition coefficient (Wildman–Crippen LogP) is 4.91. The van der Waals surface area contributed by atoms with E-state index in [0.29, 0.717) is 15.7 Å². The Bertz CT molecular complexity index is 624. The van der Waals surface area contributed by atoms with Crippen LogP contribution in [0.5, 0.6) is 0 Å². The van der Waals surface area contributed by atoms with E-state index in [1.54, 1.807) is 18.2 Å². The van der Waals surface area contributed by atoms with Gasteiger partial charge in [0.05, 0.1) is 15.5 Å². The molecule has 0 aliphatic heterocycles. The molecule has 2 rings (SSSR count). The lowest BCUT2D eigenvalue weighted by Gasteiger charge is -2.24. The smallest absolute Gasteiger partial charge is 0.234 e. The van der Waals surface area contributed by atoms with Crippen molar-refractivity contribution < 1.29 is 4.79 Å². The van der Waals surface area contributed by atoms with Crippen molar-refractivity contribution in [1.82, 2.24) is 0 Å². The Balaban J connectivity index is 2.21. The molecule has 0 fully saturated rings. The van der Waals surface area contributed by atoms with Gasteiger partial charge in [0.2, 0.25) is 5.91 Å². The fraction of sp³-hybridized carbons (Fsp3) is 0.188. The van der Waals surface area contributed by atoms with E-state index in [2.05, 4.69) is 5.32 Å². The highest BCUT2D eigenvalue weighted by molar-refractivity contribution is 6.42. The van der Waals surface area contributed by atoms with Gasteiger partial charge >= 0.3 is 0 Å². The number of carbonyl (C=O) groups is 1. The van der Waals surface area contributed by atoms with Crippen LogP contribution in [-0.4, -0.2) is 5.91 Å². The average Bonchev–Trinajstić information content (AvgIpc) is 2.44. The topological polar surface area (TPSA) is 29.1 Å². The third-order valence-corrected chi connectivity index (χ3v) is 3.98. The lowest BCUT2D eigenvalue weighted by molar-refractivity contribution is -0.120. The van der Waals surface area contributed by atoms with Gasteiger partial charge in [0.15, 0.2) is 0 Å². The molecule has 4 heteroatoms. The van der Waals surface area contributed by atoms with Crippen molar-refractivity contribution in [2.45, 2.75) is 19.3 Å². The number of hydrogen-bond donors (Lipinski definition) is 1. The van der Waals surface area contributed by atoms with E-state index in [1.165, 1.54) is 0 Å². The summed E-state index contributed by atoms with van der Waals surface area (Å²) in [6.45, 7) is 3.77. The first-order valence-corrected chi connectivity index (χ1v) is 6.99. The van der Waals surface area contributed by atoms with Crippen LogP contribution >= 0.6 is 23.2 Å². The van der Waals surface area contributed by atoms with Crippen molar-refractivity contribution in [3.8, 4) is 0 Å². The lowest BCUT2D eigenvalue weighted by Crippen LogP contribution is -2.34. The van der Waals surface area contributed by atoms with Gasteiger partial charge in [-0.05, 0) is 37.6 Å². The number of nitrogens with one attached hydrogen (secondary N) is 1. The second-order valence-corrected chi connectivity index (χ2v) is 5.89. The lowest BCUT2D eigenvalue weighted by atomic mass is 9.83. The normalized spacial score (nSPS) is 11.2. The highest BCUT2D eigenvalue weighted by Gasteiger charge is 2.29. The standard InChI is InChI=1S/C16H15Cl2NO/c1-16(2,11-6-4-3-5-7-11)15(20)19-12-8-9-13(17)14(18)10-12/h3-10H,1-2H3,(H,19,20). The third kappa shape index (κ3) is 3.14. The summed E-state index contributed by atoms with van der Waals surface area (Å²) in [6, 6.07) is 14.7. The average molecular weight is 308 g/mol. The Kier molecular flexibility index (Phi) is 4.36. The van der Waals surface area contributed by atoms with Crippen LogP contribution in [0.15, 0.2) is 48.5 Å². The minimum Gasteiger partial charge on any atom is -0.325 e. The van der Waals surface area contributed by atoms with Gasteiger partial charge < -0.3 is 5.32 Å². The number of benzene rings is 2. The molecule has 0 saturated heterocycles. The number of rotatable bonds is 3. The number of hydrogen-bond acceptors (Lipinski definition) is 1. The number of halogens is 2. The zero-order valence-corrected chi connectivity index (χ0v) is 12.8. The fourth-order valence-electron chi connectivity index (χ4n) is 1.85. The first kappa shape index (κ1) is 14.9. The molecule has 20 heavy (non-hydrogen) atoms. The van der Waals surface area contributed by atoms with E-state index in [9.17, 15) is 4.79 Å². The van der Waals surface area contributed by atoms with Crippen molar-refractivity contribution >= 4 is 34.8 Å². The van der Waals surface area contributed by atoms with Crippen LogP contribution in [0, 0.1) is 0 Å². The minimum absolute atomic E-state index is 0.0953. The molecule has 0 saturated carbocycles. The number of carbonyl (C=O) groups excluding carboxylic acids is 1. The Labute approximate surface area is 128 Å². The first-order chi connectivity index (χ1) is 9.41. The molecule has 0 bridgehead atoms. The molecule has 0 unspecified atom stereocenters. The molecule has 2 aromatic carbocycles. The molecule has 1 amide bonds. The summed E-state index contributed by atoms with van der Waals surface area (Å²) in [7, 11) is 0. The molecule has 0 aromatic heterocycles. The van der Waals surface area contributed by atoms with Crippen LogP contribution in [0.25, 0.3) is 0 Å². The zero-order valence-electron chi connectivity index (χ0n) is 11.3. The molecule has 104 valence electrons. The van der Waals surface area contributed by atoms with Crippen molar-refractivity contribution in [2.24, 2.45) is 0 Å². The molecule has 1 N–H and O–H groups in total. The van der Waals surface area contributed by atoms with Crippen LogP contribution in [-0.2, 0) is 10.2 Å². The van der Waals surface area contributed by atoms with E-state index in [4.69, 9.17) is 23.2 Å². The molecule has 0 heterocycles. The monoisotopic (exact) mass is 307 g/mol. The molecule has 0 spiro atoms. The maximum Gasteiger partial charge on any atom is 0.234 e. The second-order valence-electron chi connectivity index (χ2n) is 5.07. The molecular weight excluding hydrogens is 293 g/mol. The van der Waals surface area contributed by atoms with Crippen molar-refractivity contribution in [3.05, 3.63) is 64.1 Å². The first-order valence-electron chi connectivity index (χ1n) is 6.23. The summed E-state index contributed by atoms with van der Waals surface area (Å²) in [5.74, 6) is -0.0953. The highest BCUT2D eigenvalue weighted by Crippen LogP contribution is 2.28. The van der Waals surface area contributed by atoms with Crippen molar-refractivity contribution in [2.75, 3.05) is 5.32 Å². The zero-order chi connectivity index (χ0) is 14.8. The predicted molar refractivity (Wildman–Crippen MR) is 84.6 cm³/mol. The van der Waals surface area contributed by atoms with Gasteiger partial charge in [-0.1, -0.05) is 53.5 Å². The molecule has 2 aromatic rings. The summed E-state index contributed by atoms with van der Waals surface area (Å²) in [6.07, 6.45) is 0. The summed E-state index contributed by atoms with van der Waals surface area (Å²) >= 11 is 11.8. The van der Waals surface area contributed by atoms with Crippen molar-refractivity contribution in [3.63, 3.8) is 0 Å². The van der Waals surface area contributed by atoms with Gasteiger partial charge in [-0.3, -0.25) is 4.79 Å². The van der Waals surface area contributed by atoms with Crippen LogP contribution in [0.3, 0.4) is 0 Å². The van der Waals surface area contributed by atoms with Crippen LogP contribution < -0.4 is 5.32 Å². The summed E-state index contributed by atoms with van der Waals surface area (Å²) in [5.41, 5.74) is 0.957. The van der Waals surface area contributed by atoms with Gasteiger partial charge in [-0.2, -0.15) is 0 Å². The SMILES string of the molecule is CC(C)(C(=O)Nc1ccc(Cl)c(Cl)c1)c1ccccc1. The molecule has 2 nitrogen and oxygen atoms in total. The van der Waals surface area contributed by atoms with Crippen LogP contribution in [0.1, 0.15) is 19.4 Å². The summed E-state index contributed by atoms with van der Waals surface area (Å²) < 4.78 is 0.